The van der Waals surface area contributed by atoms with E-state index in [1.54, 1.807) is 0 Å². The maximum absolute atomic E-state index is 4.29. The molecule has 0 aromatic carbocycles. The second kappa shape index (κ2) is 1.55. The van der Waals surface area contributed by atoms with Gasteiger partial charge in [-0.15, -0.1) is 0 Å². The van der Waals surface area contributed by atoms with Gasteiger partial charge in [0.25, 0.3) is 0 Å². The van der Waals surface area contributed by atoms with Crippen molar-refractivity contribution in [3.63, 3.8) is 0 Å². The van der Waals surface area contributed by atoms with Crippen molar-refractivity contribution in [1.29, 1.82) is 0 Å². The fourth-order valence-corrected chi connectivity index (χ4v) is 1.21. The van der Waals surface area contributed by atoms with Gasteiger partial charge in [0.2, 0.25) is 0 Å². The fourth-order valence-electron chi connectivity index (χ4n) is 1.21. The molecule has 1 unspecified atom stereocenters. The molecule has 8 heavy (non-hydrogen) atoms. The molecule has 2 heterocycles. The predicted octanol–water partition coefficient (Wildman–Crippen LogP) is 0.193. The van der Waals surface area contributed by atoms with Crippen LogP contribution in [0.15, 0.2) is 4.99 Å². The van der Waals surface area contributed by atoms with E-state index in [9.17, 15) is 0 Å². The Morgan fingerprint density at radius 3 is 3.50 bits per heavy atom. The zero-order valence-corrected chi connectivity index (χ0v) is 4.85. The highest BCUT2D eigenvalue weighted by molar-refractivity contribution is 6.00. The summed E-state index contributed by atoms with van der Waals surface area (Å²) >= 11 is 0. The molecular formula is C6H10N2. The third kappa shape index (κ3) is 0.650. The normalized spacial score (nSPS) is 35.0. The SMILES string of the molecule is C1CC2=NC2CCN1. The molecule has 2 aliphatic heterocycles. The predicted molar refractivity (Wildman–Crippen MR) is 33.3 cm³/mol. The number of nitrogens with zero attached hydrogens (tertiary/aromatic N) is 1. The zero-order chi connectivity index (χ0) is 5.40. The zero-order valence-electron chi connectivity index (χ0n) is 4.85. The summed E-state index contributed by atoms with van der Waals surface area (Å²) in [6.07, 6.45) is 2.44. The maximum atomic E-state index is 4.29. The largest absolute Gasteiger partial charge is 0.316 e. The van der Waals surface area contributed by atoms with Gasteiger partial charge in [-0.3, -0.25) is 4.99 Å². The lowest BCUT2D eigenvalue weighted by Gasteiger charge is -1.93. The first kappa shape index (κ1) is 4.50. The molecule has 1 atom stereocenters. The highest BCUT2D eigenvalue weighted by Gasteiger charge is 2.27. The van der Waals surface area contributed by atoms with Gasteiger partial charge < -0.3 is 5.32 Å². The molecule has 2 nitrogen and oxygen atoms in total. The lowest BCUT2D eigenvalue weighted by atomic mass is 10.2. The van der Waals surface area contributed by atoms with Crippen LogP contribution >= 0.6 is 0 Å². The van der Waals surface area contributed by atoms with Crippen LogP contribution in [0.3, 0.4) is 0 Å². The van der Waals surface area contributed by atoms with E-state index in [1.807, 2.05) is 0 Å². The molecule has 0 aromatic heterocycles. The Bertz CT molecular complexity index is 128. The summed E-state index contributed by atoms with van der Waals surface area (Å²) in [5, 5.41) is 3.33. The first-order chi connectivity index (χ1) is 3.97. The van der Waals surface area contributed by atoms with Gasteiger partial charge in [0.15, 0.2) is 0 Å². The average molecular weight is 110 g/mol. The molecule has 0 spiro atoms. The van der Waals surface area contributed by atoms with Gasteiger partial charge in [-0.25, -0.2) is 0 Å². The van der Waals surface area contributed by atoms with Crippen LogP contribution in [0.2, 0.25) is 0 Å². The second-order valence-corrected chi connectivity index (χ2v) is 2.42. The summed E-state index contributed by atoms with van der Waals surface area (Å²) in [4.78, 5) is 4.29. The van der Waals surface area contributed by atoms with E-state index in [0.717, 1.165) is 13.1 Å². The highest BCUT2D eigenvalue weighted by Crippen LogP contribution is 2.19. The van der Waals surface area contributed by atoms with E-state index < -0.39 is 0 Å². The molecule has 1 fully saturated rings. The molecule has 2 aliphatic rings. The number of fused-ring (bicyclic) bond motifs is 1. The molecule has 2 rings (SSSR count). The molecule has 0 bridgehead atoms. The first-order valence-electron chi connectivity index (χ1n) is 3.24. The van der Waals surface area contributed by atoms with Crippen molar-refractivity contribution in [2.45, 2.75) is 18.9 Å². The van der Waals surface area contributed by atoms with Gasteiger partial charge in [-0.05, 0) is 19.4 Å². The van der Waals surface area contributed by atoms with Gasteiger partial charge in [0, 0.05) is 12.3 Å². The molecule has 2 heteroatoms. The minimum Gasteiger partial charge on any atom is -0.316 e. The van der Waals surface area contributed by atoms with E-state index in [-0.39, 0.29) is 0 Å². The summed E-state index contributed by atoms with van der Waals surface area (Å²) in [6, 6.07) is 0.671. The molecule has 44 valence electrons. The lowest BCUT2D eigenvalue weighted by Crippen LogP contribution is -2.14. The van der Waals surface area contributed by atoms with Crippen molar-refractivity contribution in [2.24, 2.45) is 4.99 Å². The smallest absolute Gasteiger partial charge is 0.0889 e. The topological polar surface area (TPSA) is 24.4 Å². The van der Waals surface area contributed by atoms with Gasteiger partial charge in [-0.1, -0.05) is 0 Å². The van der Waals surface area contributed by atoms with Crippen molar-refractivity contribution in [1.82, 2.24) is 5.32 Å². The molecule has 0 saturated carbocycles. The van der Waals surface area contributed by atoms with Crippen molar-refractivity contribution in [3.05, 3.63) is 0 Å². The Balaban J connectivity index is 1.96. The highest BCUT2D eigenvalue weighted by atomic mass is 15.0. The lowest BCUT2D eigenvalue weighted by molar-refractivity contribution is 0.682. The van der Waals surface area contributed by atoms with Crippen LogP contribution in [0.4, 0.5) is 0 Å². The number of aliphatic imine (C=N–C) groups is 1. The minimum atomic E-state index is 0.671. The fraction of sp³-hybridized carbons (Fsp3) is 0.833. The van der Waals surface area contributed by atoms with Crippen LogP contribution < -0.4 is 5.32 Å². The van der Waals surface area contributed by atoms with E-state index >= 15 is 0 Å². The van der Waals surface area contributed by atoms with E-state index in [1.165, 1.54) is 18.6 Å². The van der Waals surface area contributed by atoms with Crippen molar-refractivity contribution < 1.29 is 0 Å². The van der Waals surface area contributed by atoms with E-state index in [0.29, 0.717) is 6.04 Å². The third-order valence-corrected chi connectivity index (χ3v) is 1.79. The van der Waals surface area contributed by atoms with Crippen LogP contribution in [0, 0.1) is 0 Å². The van der Waals surface area contributed by atoms with E-state index in [4.69, 9.17) is 0 Å². The third-order valence-electron chi connectivity index (χ3n) is 1.79. The quantitative estimate of drug-likeness (QED) is 0.473. The molecule has 0 radical (unpaired) electrons. The summed E-state index contributed by atoms with van der Waals surface area (Å²) in [7, 11) is 0. The molecule has 1 saturated heterocycles. The molecule has 0 aromatic rings. The number of nitrogens with one attached hydrogen (secondary N) is 1. The van der Waals surface area contributed by atoms with Crippen LogP contribution in [0.1, 0.15) is 12.8 Å². The Labute approximate surface area is 49.0 Å². The summed E-state index contributed by atoms with van der Waals surface area (Å²) in [6.45, 7) is 2.31. The van der Waals surface area contributed by atoms with Gasteiger partial charge in [-0.2, -0.15) is 0 Å². The van der Waals surface area contributed by atoms with Crippen molar-refractivity contribution in [3.8, 4) is 0 Å². The first-order valence-corrected chi connectivity index (χ1v) is 3.24. The molecule has 0 amide bonds. The van der Waals surface area contributed by atoms with Gasteiger partial charge >= 0.3 is 0 Å². The maximum Gasteiger partial charge on any atom is 0.0889 e. The van der Waals surface area contributed by atoms with Crippen LogP contribution in [-0.2, 0) is 0 Å². The summed E-state index contributed by atoms with van der Waals surface area (Å²) < 4.78 is 0. The standard InChI is InChI=1S/C6H10N2/c1-3-7-4-2-6-5(1)8-6/h5,7H,1-4H2. The van der Waals surface area contributed by atoms with Crippen LogP contribution in [0.25, 0.3) is 0 Å². The van der Waals surface area contributed by atoms with Crippen molar-refractivity contribution >= 4 is 5.71 Å². The Hall–Kier alpha value is -0.370. The minimum absolute atomic E-state index is 0.671. The van der Waals surface area contributed by atoms with Crippen LogP contribution in [0.5, 0.6) is 0 Å². The van der Waals surface area contributed by atoms with Crippen molar-refractivity contribution in [2.75, 3.05) is 13.1 Å². The Morgan fingerprint density at radius 1 is 1.50 bits per heavy atom. The van der Waals surface area contributed by atoms with E-state index in [2.05, 4.69) is 10.3 Å². The monoisotopic (exact) mass is 110 g/mol. The Morgan fingerprint density at radius 2 is 2.50 bits per heavy atom. The van der Waals surface area contributed by atoms with Gasteiger partial charge in [0.1, 0.15) is 0 Å². The number of hydrogen-bond acceptors (Lipinski definition) is 2. The molecule has 0 aliphatic carbocycles. The van der Waals surface area contributed by atoms with Crippen LogP contribution in [-0.4, -0.2) is 24.8 Å². The molecule has 1 N–H and O–H groups in total. The Kier molecular flexibility index (Phi) is 0.875. The van der Waals surface area contributed by atoms with Gasteiger partial charge in [0.05, 0.1) is 6.04 Å². The number of rotatable bonds is 0. The summed E-state index contributed by atoms with van der Waals surface area (Å²) in [5.74, 6) is 0. The summed E-state index contributed by atoms with van der Waals surface area (Å²) in [5.41, 5.74) is 1.45. The average Bonchev–Trinajstić information content (AvgIpc) is 2.36. The molecular weight excluding hydrogens is 100 g/mol. The number of hydrogen-bond donors (Lipinski definition) is 1. The second-order valence-electron chi connectivity index (χ2n) is 2.42.